The molecule has 60 valence electrons. The molecule has 0 aliphatic rings. The maximum absolute atomic E-state index is 10.1. The van der Waals surface area contributed by atoms with Gasteiger partial charge in [-0.05, 0) is 6.92 Å². The van der Waals surface area contributed by atoms with Crippen LogP contribution in [0.5, 0.6) is 0 Å². The second kappa shape index (κ2) is 4.54. The van der Waals surface area contributed by atoms with Gasteiger partial charge in [-0.25, -0.2) is 4.21 Å². The third-order valence-corrected chi connectivity index (χ3v) is 1.46. The molecule has 0 bridgehead atoms. The van der Waals surface area contributed by atoms with E-state index in [2.05, 4.69) is 0 Å². The van der Waals surface area contributed by atoms with Gasteiger partial charge in [0.2, 0.25) is 0 Å². The molecule has 0 aromatic heterocycles. The minimum absolute atomic E-state index is 0.0818. The van der Waals surface area contributed by atoms with Gasteiger partial charge >= 0.3 is 0 Å². The molecule has 0 saturated carbocycles. The Labute approximate surface area is 62.6 Å². The summed E-state index contributed by atoms with van der Waals surface area (Å²) in [4.78, 5) is 0. The maximum atomic E-state index is 10.1. The topological polar surface area (TPSA) is 87.2 Å². The Bertz CT molecular complexity index is 147. The van der Waals surface area contributed by atoms with Crippen LogP contribution in [-0.2, 0) is 11.1 Å². The summed E-state index contributed by atoms with van der Waals surface area (Å²) in [5.41, 5.74) is 5.58. The molecule has 5 heteroatoms. The van der Waals surface area contributed by atoms with Crippen LogP contribution in [-0.4, -0.2) is 26.3 Å². The molecular formula is C5H12N2O2S. The predicted octanol–water partition coefficient (Wildman–Crippen LogP) is -0.0348. The van der Waals surface area contributed by atoms with E-state index in [0.717, 1.165) is 0 Å². The van der Waals surface area contributed by atoms with Gasteiger partial charge < -0.3 is 15.7 Å². The first-order valence-corrected chi connectivity index (χ1v) is 4.19. The van der Waals surface area contributed by atoms with E-state index >= 15 is 0 Å². The first-order valence-electron chi connectivity index (χ1n) is 2.91. The van der Waals surface area contributed by atoms with Gasteiger partial charge in [0, 0.05) is 18.2 Å². The van der Waals surface area contributed by atoms with Crippen LogP contribution in [0.25, 0.3) is 0 Å². The van der Waals surface area contributed by atoms with Crippen molar-refractivity contribution in [2.24, 2.45) is 5.73 Å². The maximum Gasteiger partial charge on any atom is 0.158 e. The fourth-order valence-corrected chi connectivity index (χ4v) is 1.01. The molecule has 0 fully saturated rings. The highest BCUT2D eigenvalue weighted by Crippen LogP contribution is 1.90. The summed E-state index contributed by atoms with van der Waals surface area (Å²) in [6.45, 7) is 1.76. The Morgan fingerprint density at radius 1 is 1.90 bits per heavy atom. The normalized spacial score (nSPS) is 16.3. The van der Waals surface area contributed by atoms with Crippen LogP contribution in [0.2, 0.25) is 0 Å². The van der Waals surface area contributed by atoms with Gasteiger partial charge in [0.05, 0.1) is 5.75 Å². The Morgan fingerprint density at radius 2 is 2.40 bits per heavy atom. The average Bonchev–Trinajstić information content (AvgIpc) is 1.58. The molecule has 0 saturated heterocycles. The Hall–Kier alpha value is -0.260. The van der Waals surface area contributed by atoms with Crippen molar-refractivity contribution in [3.8, 4) is 0 Å². The number of rotatable bonds is 4. The third-order valence-electron chi connectivity index (χ3n) is 0.866. The lowest BCUT2D eigenvalue weighted by atomic mass is 10.2. The van der Waals surface area contributed by atoms with Gasteiger partial charge in [-0.15, -0.1) is 0 Å². The van der Waals surface area contributed by atoms with Crippen molar-refractivity contribution in [3.63, 3.8) is 0 Å². The monoisotopic (exact) mass is 164 g/mol. The SMILES string of the molecule is CC(N)CC(=N)CS(=O)O. The first kappa shape index (κ1) is 9.74. The van der Waals surface area contributed by atoms with Gasteiger partial charge in [0.25, 0.3) is 0 Å². The molecule has 10 heavy (non-hydrogen) atoms. The van der Waals surface area contributed by atoms with E-state index in [1.165, 1.54) is 0 Å². The molecule has 0 rings (SSSR count). The summed E-state index contributed by atoms with van der Waals surface area (Å²) in [6, 6.07) is -0.101. The first-order chi connectivity index (χ1) is 4.52. The van der Waals surface area contributed by atoms with Crippen LogP contribution in [0.1, 0.15) is 13.3 Å². The largest absolute Gasteiger partial charge is 0.328 e. The van der Waals surface area contributed by atoms with E-state index in [0.29, 0.717) is 6.42 Å². The molecule has 0 aliphatic heterocycles. The molecule has 0 radical (unpaired) electrons. The van der Waals surface area contributed by atoms with Crippen LogP contribution >= 0.6 is 0 Å². The molecule has 2 unspecified atom stereocenters. The molecule has 0 heterocycles. The fraction of sp³-hybridized carbons (Fsp3) is 0.800. The third kappa shape index (κ3) is 5.87. The number of nitrogens with two attached hydrogens (primary N) is 1. The van der Waals surface area contributed by atoms with Crippen molar-refractivity contribution in [1.82, 2.24) is 0 Å². The van der Waals surface area contributed by atoms with Gasteiger partial charge in [-0.3, -0.25) is 0 Å². The average molecular weight is 164 g/mol. The smallest absolute Gasteiger partial charge is 0.158 e. The Morgan fingerprint density at radius 3 is 2.70 bits per heavy atom. The molecule has 0 aromatic rings. The lowest BCUT2D eigenvalue weighted by molar-refractivity contribution is 0.568. The van der Waals surface area contributed by atoms with E-state index in [4.69, 9.17) is 15.7 Å². The predicted molar refractivity (Wildman–Crippen MR) is 41.6 cm³/mol. The van der Waals surface area contributed by atoms with E-state index in [-0.39, 0.29) is 17.5 Å². The molecule has 4 N–H and O–H groups in total. The van der Waals surface area contributed by atoms with Crippen molar-refractivity contribution in [2.45, 2.75) is 19.4 Å². The number of hydrogen-bond donors (Lipinski definition) is 3. The fourth-order valence-electron chi connectivity index (χ4n) is 0.597. The van der Waals surface area contributed by atoms with Crippen LogP contribution in [0.3, 0.4) is 0 Å². The summed E-state index contributed by atoms with van der Waals surface area (Å²) in [5, 5.41) is 7.12. The molecular weight excluding hydrogens is 152 g/mol. The molecule has 0 amide bonds. The standard InChI is InChI=1S/C5H12N2O2S/c1-4(6)2-5(7)3-10(8)9/h4,7H,2-3,6H2,1H3,(H,8,9). The van der Waals surface area contributed by atoms with E-state index < -0.39 is 11.1 Å². The van der Waals surface area contributed by atoms with Gasteiger partial charge in [0.1, 0.15) is 0 Å². The highest BCUT2D eigenvalue weighted by molar-refractivity contribution is 7.80. The van der Waals surface area contributed by atoms with E-state index in [1.807, 2.05) is 0 Å². The van der Waals surface area contributed by atoms with E-state index in [9.17, 15) is 4.21 Å². The zero-order valence-electron chi connectivity index (χ0n) is 5.83. The van der Waals surface area contributed by atoms with Crippen LogP contribution in [0.15, 0.2) is 0 Å². The number of nitrogens with one attached hydrogen (secondary N) is 1. The zero-order chi connectivity index (χ0) is 8.15. The zero-order valence-corrected chi connectivity index (χ0v) is 6.65. The summed E-state index contributed by atoms with van der Waals surface area (Å²) in [5.74, 6) is -0.0818. The Kier molecular flexibility index (Phi) is 4.42. The number of hydrogen-bond acceptors (Lipinski definition) is 3. The van der Waals surface area contributed by atoms with Crippen LogP contribution < -0.4 is 5.73 Å². The molecule has 0 aromatic carbocycles. The van der Waals surface area contributed by atoms with Gasteiger partial charge in [-0.1, -0.05) is 0 Å². The highest BCUT2D eigenvalue weighted by Gasteiger charge is 2.03. The van der Waals surface area contributed by atoms with Crippen molar-refractivity contribution in [3.05, 3.63) is 0 Å². The van der Waals surface area contributed by atoms with Crippen molar-refractivity contribution < 1.29 is 8.76 Å². The lowest BCUT2D eigenvalue weighted by Gasteiger charge is -2.03. The van der Waals surface area contributed by atoms with Crippen molar-refractivity contribution in [1.29, 1.82) is 5.41 Å². The lowest BCUT2D eigenvalue weighted by Crippen LogP contribution is -2.22. The minimum Gasteiger partial charge on any atom is -0.328 e. The van der Waals surface area contributed by atoms with Crippen molar-refractivity contribution >= 4 is 16.8 Å². The summed E-state index contributed by atoms with van der Waals surface area (Å²) in [7, 11) is 0. The molecule has 2 atom stereocenters. The second-order valence-corrected chi connectivity index (χ2v) is 3.18. The quantitative estimate of drug-likeness (QED) is 0.402. The summed E-state index contributed by atoms with van der Waals surface area (Å²) in [6.07, 6.45) is 0.395. The van der Waals surface area contributed by atoms with E-state index in [1.54, 1.807) is 6.92 Å². The Balaban J connectivity index is 3.54. The minimum atomic E-state index is -1.89. The summed E-state index contributed by atoms with van der Waals surface area (Å²) >= 11 is -1.89. The molecule has 0 spiro atoms. The summed E-state index contributed by atoms with van der Waals surface area (Å²) < 4.78 is 18.4. The van der Waals surface area contributed by atoms with Crippen molar-refractivity contribution in [2.75, 3.05) is 5.75 Å². The van der Waals surface area contributed by atoms with Crippen LogP contribution in [0, 0.1) is 5.41 Å². The van der Waals surface area contributed by atoms with Crippen LogP contribution in [0.4, 0.5) is 0 Å². The molecule has 0 aliphatic carbocycles. The highest BCUT2D eigenvalue weighted by atomic mass is 32.2. The second-order valence-electron chi connectivity index (χ2n) is 2.25. The molecule has 4 nitrogen and oxygen atoms in total. The van der Waals surface area contributed by atoms with Gasteiger partial charge in [-0.2, -0.15) is 0 Å². The van der Waals surface area contributed by atoms with Gasteiger partial charge in [0.15, 0.2) is 11.1 Å².